The van der Waals surface area contributed by atoms with Gasteiger partial charge in [0, 0.05) is 57.1 Å². The van der Waals surface area contributed by atoms with E-state index in [4.69, 9.17) is 0 Å². The summed E-state index contributed by atoms with van der Waals surface area (Å²) in [6, 6.07) is 13.1. The molecular weight excluding hydrogens is 631 g/mol. The Morgan fingerprint density at radius 1 is 1.00 bits per heavy atom. The number of hydrogen-bond donors (Lipinski definition) is 1. The molecule has 0 spiro atoms. The fourth-order valence-electron chi connectivity index (χ4n) is 6.49. The number of nitriles is 1. The van der Waals surface area contributed by atoms with Crippen molar-refractivity contribution in [3.05, 3.63) is 59.5 Å². The number of likely N-dealkylation sites (tertiary alicyclic amines) is 1. The molecule has 0 radical (unpaired) electrons. The molecule has 2 aliphatic heterocycles. The van der Waals surface area contributed by atoms with Crippen molar-refractivity contribution in [3.8, 4) is 17.9 Å². The second kappa shape index (κ2) is 15.3. The quantitative estimate of drug-likeness (QED) is 0.314. The third kappa shape index (κ3) is 9.54. The molecule has 2 aliphatic rings. The lowest BCUT2D eigenvalue weighted by Crippen LogP contribution is -2.51. The monoisotopic (exact) mass is 675 g/mol. The van der Waals surface area contributed by atoms with E-state index < -0.39 is 18.1 Å². The number of alkyl halides is 3. The molecule has 260 valence electrons. The maximum atomic E-state index is 13.6. The Morgan fingerprint density at radius 3 is 2.37 bits per heavy atom. The van der Waals surface area contributed by atoms with Crippen molar-refractivity contribution in [1.82, 2.24) is 24.3 Å². The summed E-state index contributed by atoms with van der Waals surface area (Å²) in [4.78, 5) is 34.7. The smallest absolute Gasteiger partial charge is 0.373 e. The molecule has 49 heavy (non-hydrogen) atoms. The van der Waals surface area contributed by atoms with Gasteiger partial charge in [0.05, 0.1) is 47.8 Å². The zero-order valence-electron chi connectivity index (χ0n) is 28.4. The van der Waals surface area contributed by atoms with Gasteiger partial charge in [0.2, 0.25) is 11.8 Å². The van der Waals surface area contributed by atoms with Crippen LogP contribution in [0.2, 0.25) is 0 Å². The van der Waals surface area contributed by atoms with Crippen molar-refractivity contribution in [2.45, 2.75) is 64.6 Å². The molecule has 0 bridgehead atoms. The molecule has 4 heterocycles. The molecule has 5 rings (SSSR count). The van der Waals surface area contributed by atoms with Gasteiger partial charge in [-0.25, -0.2) is 0 Å². The van der Waals surface area contributed by atoms with Gasteiger partial charge >= 0.3 is 6.18 Å². The molecule has 0 aliphatic carbocycles. The van der Waals surface area contributed by atoms with Crippen LogP contribution in [0.25, 0.3) is 10.9 Å². The first-order chi connectivity index (χ1) is 23.3. The number of amides is 2. The fraction of sp³-hybridized carbons (Fsp3) is 0.514. The summed E-state index contributed by atoms with van der Waals surface area (Å²) in [7, 11) is 0. The summed E-state index contributed by atoms with van der Waals surface area (Å²) in [5.41, 5.74) is 2.50. The maximum Gasteiger partial charge on any atom is 0.406 e. The largest absolute Gasteiger partial charge is 0.406 e. The van der Waals surface area contributed by atoms with Gasteiger partial charge < -0.3 is 19.7 Å². The Balaban J connectivity index is 1.15. The Hall–Kier alpha value is -4.55. The lowest BCUT2D eigenvalue weighted by atomic mass is 9.90. The average Bonchev–Trinajstić information content (AvgIpc) is 3.41. The van der Waals surface area contributed by atoms with Crippen LogP contribution in [0.15, 0.2) is 42.6 Å². The number of carbonyl (C=O) groups excluding carboxylic acids is 2. The van der Waals surface area contributed by atoms with Crippen molar-refractivity contribution < 1.29 is 22.8 Å². The maximum absolute atomic E-state index is 13.6. The molecule has 2 aromatic heterocycles. The molecule has 2 amide bonds. The predicted octanol–water partition coefficient (Wildman–Crippen LogP) is 5.20. The highest BCUT2D eigenvalue weighted by molar-refractivity contribution is 5.83. The number of fused-ring (bicyclic) bond motifs is 1. The van der Waals surface area contributed by atoms with Crippen LogP contribution in [-0.4, -0.2) is 94.6 Å². The predicted molar refractivity (Wildman–Crippen MR) is 183 cm³/mol. The number of benzene rings is 1. The molecule has 2 fully saturated rings. The number of nitrogens with one attached hydrogen (secondary N) is 1. The third-order valence-corrected chi connectivity index (χ3v) is 9.57. The van der Waals surface area contributed by atoms with E-state index in [2.05, 4.69) is 33.1 Å². The molecule has 0 atom stereocenters. The Labute approximate surface area is 286 Å². The Bertz CT molecular complexity index is 1730. The molecule has 2 saturated heterocycles. The van der Waals surface area contributed by atoms with Crippen LogP contribution < -0.4 is 5.32 Å². The minimum atomic E-state index is -4.40. The van der Waals surface area contributed by atoms with Crippen LogP contribution in [0.3, 0.4) is 0 Å². The minimum absolute atomic E-state index is 0.0756. The normalized spacial score (nSPS) is 16.3. The summed E-state index contributed by atoms with van der Waals surface area (Å²) in [5, 5.41) is 13.1. The van der Waals surface area contributed by atoms with Crippen LogP contribution in [0, 0.1) is 29.1 Å². The molecule has 0 unspecified atom stereocenters. The molecule has 3 aromatic rings. The van der Waals surface area contributed by atoms with E-state index in [0.717, 1.165) is 49.7 Å². The highest BCUT2D eigenvalue weighted by Gasteiger charge is 2.30. The van der Waals surface area contributed by atoms with E-state index in [1.807, 2.05) is 21.9 Å². The van der Waals surface area contributed by atoms with Crippen LogP contribution >= 0.6 is 0 Å². The number of hydrogen-bond acceptors (Lipinski definition) is 6. The second-order valence-electron chi connectivity index (χ2n) is 13.6. The first-order valence-corrected chi connectivity index (χ1v) is 16.9. The third-order valence-electron chi connectivity index (χ3n) is 9.57. The number of piperidine rings is 1. The van der Waals surface area contributed by atoms with Crippen LogP contribution in [-0.2, 0) is 28.0 Å². The summed E-state index contributed by atoms with van der Waals surface area (Å²) in [6.45, 7) is 8.84. The number of halogens is 3. The highest BCUT2D eigenvalue weighted by atomic mass is 19.4. The number of anilines is 1. The van der Waals surface area contributed by atoms with Crippen LogP contribution in [0.4, 0.5) is 18.9 Å². The van der Waals surface area contributed by atoms with E-state index in [0.29, 0.717) is 61.2 Å². The standard InChI is InChI=1S/C37H44F3N7O2/c1-27(48)45-19-17-44(18-20-45)24-35(49)46-15-12-28(13-16-46)6-7-29-8-10-33-30(21-29)22-32(47(33)26-37(38,39)40)5-4-14-42-31-9-11-34(43-23-31)36(2,3)25-41/h8-11,21-23,28,42H,6-7,12-20,24,26H2,1-3H3. The lowest BCUT2D eigenvalue weighted by Gasteiger charge is -2.36. The molecule has 9 nitrogen and oxygen atoms in total. The van der Waals surface area contributed by atoms with Crippen molar-refractivity contribution in [2.24, 2.45) is 5.92 Å². The van der Waals surface area contributed by atoms with Gasteiger partial charge in [0.15, 0.2) is 0 Å². The van der Waals surface area contributed by atoms with Crippen molar-refractivity contribution in [1.29, 1.82) is 5.26 Å². The van der Waals surface area contributed by atoms with Gasteiger partial charge in [-0.1, -0.05) is 12.0 Å². The lowest BCUT2D eigenvalue weighted by molar-refractivity contribution is -0.140. The topological polar surface area (TPSA) is 97.5 Å². The van der Waals surface area contributed by atoms with Crippen LogP contribution in [0.1, 0.15) is 57.0 Å². The summed E-state index contributed by atoms with van der Waals surface area (Å²) in [5.74, 6) is 6.56. The number of aromatic nitrogens is 2. The number of carbonyl (C=O) groups is 2. The van der Waals surface area contributed by atoms with E-state index >= 15 is 0 Å². The number of piperazine rings is 1. The Kier molecular flexibility index (Phi) is 11.2. The summed E-state index contributed by atoms with van der Waals surface area (Å²) in [6.07, 6.45) is 0.836. The van der Waals surface area contributed by atoms with Gasteiger partial charge in [-0.15, -0.1) is 0 Å². The Morgan fingerprint density at radius 2 is 1.73 bits per heavy atom. The van der Waals surface area contributed by atoms with Gasteiger partial charge in [-0.05, 0) is 87.3 Å². The minimum Gasteiger partial charge on any atom is -0.373 e. The summed E-state index contributed by atoms with van der Waals surface area (Å²) < 4.78 is 41.9. The fourth-order valence-corrected chi connectivity index (χ4v) is 6.49. The van der Waals surface area contributed by atoms with Crippen LogP contribution in [0.5, 0.6) is 0 Å². The highest BCUT2D eigenvalue weighted by Crippen LogP contribution is 2.28. The van der Waals surface area contributed by atoms with E-state index in [-0.39, 0.29) is 18.4 Å². The zero-order chi connectivity index (χ0) is 35.2. The van der Waals surface area contributed by atoms with Gasteiger partial charge in [-0.3, -0.25) is 19.5 Å². The number of nitrogens with zero attached hydrogens (tertiary/aromatic N) is 6. The molecule has 0 saturated carbocycles. The first-order valence-electron chi connectivity index (χ1n) is 16.9. The molecule has 1 N–H and O–H groups in total. The zero-order valence-corrected chi connectivity index (χ0v) is 28.4. The van der Waals surface area contributed by atoms with Gasteiger partial charge in [0.25, 0.3) is 0 Å². The number of aryl methyl sites for hydroxylation is 1. The van der Waals surface area contributed by atoms with Crippen molar-refractivity contribution in [2.75, 3.05) is 57.7 Å². The first kappa shape index (κ1) is 35.7. The van der Waals surface area contributed by atoms with E-state index in [1.54, 1.807) is 51.2 Å². The van der Waals surface area contributed by atoms with Crippen molar-refractivity contribution >= 4 is 28.4 Å². The van der Waals surface area contributed by atoms with E-state index in [9.17, 15) is 28.0 Å². The van der Waals surface area contributed by atoms with E-state index in [1.165, 1.54) is 4.57 Å². The average molecular weight is 676 g/mol. The van der Waals surface area contributed by atoms with Gasteiger partial charge in [-0.2, -0.15) is 18.4 Å². The number of rotatable bonds is 9. The number of pyridine rings is 1. The SMILES string of the molecule is CC(=O)N1CCN(CC(=O)N2CCC(CCc3ccc4c(c3)cc(C#CCNc3ccc(C(C)(C)C#N)nc3)n4CC(F)(F)F)CC2)CC1. The van der Waals surface area contributed by atoms with Gasteiger partial charge in [0.1, 0.15) is 6.54 Å². The molecule has 12 heteroatoms. The second-order valence-corrected chi connectivity index (χ2v) is 13.6. The van der Waals surface area contributed by atoms with Crippen molar-refractivity contribution in [3.63, 3.8) is 0 Å². The molecular formula is C37H44F3N7O2. The molecule has 1 aromatic carbocycles. The summed E-state index contributed by atoms with van der Waals surface area (Å²) >= 11 is 0.